The van der Waals surface area contributed by atoms with Gasteiger partial charge in [0.05, 0.1) is 6.10 Å². The van der Waals surface area contributed by atoms with Crippen LogP contribution < -0.4 is 10.2 Å². The molecule has 1 saturated heterocycles. The van der Waals surface area contributed by atoms with Crippen molar-refractivity contribution in [2.75, 3.05) is 31.6 Å². The summed E-state index contributed by atoms with van der Waals surface area (Å²) in [6.07, 6.45) is 3.84. The average molecular weight is 341 g/mol. The van der Waals surface area contributed by atoms with Crippen LogP contribution in [-0.4, -0.2) is 32.8 Å². The highest BCUT2D eigenvalue weighted by atomic mass is 79.9. The fourth-order valence-electron chi connectivity index (χ4n) is 2.74. The quantitative estimate of drug-likeness (QED) is 0.801. The van der Waals surface area contributed by atoms with E-state index in [9.17, 15) is 0 Å². The molecule has 1 fully saturated rings. The van der Waals surface area contributed by atoms with E-state index in [1.54, 1.807) is 0 Å². The second-order valence-corrected chi connectivity index (χ2v) is 6.29. The van der Waals surface area contributed by atoms with Crippen molar-refractivity contribution in [1.29, 1.82) is 0 Å². The van der Waals surface area contributed by atoms with Crippen molar-refractivity contribution < 1.29 is 4.74 Å². The Labute approximate surface area is 130 Å². The van der Waals surface area contributed by atoms with Gasteiger partial charge in [0.15, 0.2) is 0 Å². The second kappa shape index (κ2) is 8.01. The fraction of sp³-hybridized carbons (Fsp3) is 0.625. The Hall–Kier alpha value is -0.580. The van der Waals surface area contributed by atoms with Crippen molar-refractivity contribution in [1.82, 2.24) is 5.32 Å². The molecule has 1 aromatic carbocycles. The predicted molar refractivity (Wildman–Crippen MR) is 88.4 cm³/mol. The van der Waals surface area contributed by atoms with E-state index >= 15 is 0 Å². The Kier molecular flexibility index (Phi) is 6.33. The largest absolute Gasteiger partial charge is 0.381 e. The minimum Gasteiger partial charge on any atom is -0.381 e. The first-order valence-corrected chi connectivity index (χ1v) is 8.30. The highest BCUT2D eigenvalue weighted by Gasteiger charge is 2.20. The van der Waals surface area contributed by atoms with Crippen LogP contribution in [0.25, 0.3) is 0 Å². The molecule has 1 N–H and O–H groups in total. The molecule has 1 aliphatic heterocycles. The summed E-state index contributed by atoms with van der Waals surface area (Å²) in [5.41, 5.74) is 2.75. The van der Waals surface area contributed by atoms with Gasteiger partial charge in [-0.2, -0.15) is 0 Å². The summed E-state index contributed by atoms with van der Waals surface area (Å²) < 4.78 is 6.61. The third-order valence-corrected chi connectivity index (χ3v) is 4.39. The number of ether oxygens (including phenoxy) is 1. The molecule has 20 heavy (non-hydrogen) atoms. The molecular weight excluding hydrogens is 316 g/mol. The van der Waals surface area contributed by atoms with Crippen molar-refractivity contribution in [3.8, 4) is 0 Å². The van der Waals surface area contributed by atoms with Gasteiger partial charge in [-0.15, -0.1) is 0 Å². The number of halogens is 1. The van der Waals surface area contributed by atoms with Crippen molar-refractivity contribution in [3.05, 3.63) is 28.2 Å². The van der Waals surface area contributed by atoms with E-state index in [2.05, 4.69) is 51.3 Å². The van der Waals surface area contributed by atoms with Crippen molar-refractivity contribution in [3.63, 3.8) is 0 Å². The lowest BCUT2D eigenvalue weighted by Gasteiger charge is -2.34. The zero-order chi connectivity index (χ0) is 14.4. The lowest BCUT2D eigenvalue weighted by atomic mass is 10.0. The number of anilines is 1. The van der Waals surface area contributed by atoms with Gasteiger partial charge in [0.2, 0.25) is 0 Å². The first-order chi connectivity index (χ1) is 9.74. The first-order valence-electron chi connectivity index (χ1n) is 7.51. The number of nitrogens with zero attached hydrogens (tertiary/aromatic N) is 1. The molecule has 1 aliphatic rings. The van der Waals surface area contributed by atoms with Gasteiger partial charge < -0.3 is 15.0 Å². The summed E-state index contributed by atoms with van der Waals surface area (Å²) in [5.74, 6) is 0. The Morgan fingerprint density at radius 2 is 2.10 bits per heavy atom. The van der Waals surface area contributed by atoms with Crippen LogP contribution in [0.15, 0.2) is 22.7 Å². The van der Waals surface area contributed by atoms with Crippen LogP contribution in [0.3, 0.4) is 0 Å². The fourth-order valence-corrected chi connectivity index (χ4v) is 3.14. The standard InChI is InChI=1S/C16H25BrN2O/c1-3-8-18-12-13-11-14(17)4-5-16(13)19-9-6-15(20-2)7-10-19/h4-5,11,15,18H,3,6-10,12H2,1-2H3. The summed E-state index contributed by atoms with van der Waals surface area (Å²) in [6, 6.07) is 6.61. The van der Waals surface area contributed by atoms with Crippen LogP contribution in [-0.2, 0) is 11.3 Å². The Bertz CT molecular complexity index is 417. The number of piperidine rings is 1. The zero-order valence-electron chi connectivity index (χ0n) is 12.5. The maximum absolute atomic E-state index is 5.46. The minimum absolute atomic E-state index is 0.434. The van der Waals surface area contributed by atoms with Gasteiger partial charge in [0, 0.05) is 36.9 Å². The third kappa shape index (κ3) is 4.21. The van der Waals surface area contributed by atoms with Gasteiger partial charge in [0.25, 0.3) is 0 Å². The van der Waals surface area contributed by atoms with Crippen LogP contribution >= 0.6 is 15.9 Å². The van der Waals surface area contributed by atoms with Crippen molar-refractivity contribution in [2.45, 2.75) is 38.8 Å². The number of hydrogen-bond donors (Lipinski definition) is 1. The third-order valence-electron chi connectivity index (χ3n) is 3.90. The molecule has 0 spiro atoms. The molecule has 0 aromatic heterocycles. The topological polar surface area (TPSA) is 24.5 Å². The molecule has 0 radical (unpaired) electrons. The van der Waals surface area contributed by atoms with Gasteiger partial charge in [-0.1, -0.05) is 22.9 Å². The van der Waals surface area contributed by atoms with Crippen LogP contribution in [0.2, 0.25) is 0 Å². The van der Waals surface area contributed by atoms with Gasteiger partial charge in [-0.3, -0.25) is 0 Å². The molecule has 1 heterocycles. The lowest BCUT2D eigenvalue weighted by Crippen LogP contribution is -2.37. The molecule has 0 atom stereocenters. The number of benzene rings is 1. The van der Waals surface area contributed by atoms with Crippen LogP contribution in [0.1, 0.15) is 31.7 Å². The SMILES string of the molecule is CCCNCc1cc(Br)ccc1N1CCC(OC)CC1. The molecule has 112 valence electrons. The lowest BCUT2D eigenvalue weighted by molar-refractivity contribution is 0.0819. The van der Waals surface area contributed by atoms with E-state index in [0.717, 1.165) is 43.5 Å². The van der Waals surface area contributed by atoms with Crippen molar-refractivity contribution >= 4 is 21.6 Å². The summed E-state index contributed by atoms with van der Waals surface area (Å²) in [6.45, 7) is 6.37. The Balaban J connectivity index is 2.06. The van der Waals surface area contributed by atoms with E-state index < -0.39 is 0 Å². The maximum atomic E-state index is 5.46. The van der Waals surface area contributed by atoms with Gasteiger partial charge in [0.1, 0.15) is 0 Å². The molecule has 0 aliphatic carbocycles. The van der Waals surface area contributed by atoms with Crippen LogP contribution in [0.4, 0.5) is 5.69 Å². The molecular formula is C16H25BrN2O. The monoisotopic (exact) mass is 340 g/mol. The summed E-state index contributed by atoms with van der Waals surface area (Å²) in [7, 11) is 1.82. The smallest absolute Gasteiger partial charge is 0.0605 e. The molecule has 2 rings (SSSR count). The van der Waals surface area contributed by atoms with Gasteiger partial charge in [-0.05, 0) is 49.6 Å². The Morgan fingerprint density at radius 1 is 1.35 bits per heavy atom. The summed E-state index contributed by atoms with van der Waals surface area (Å²) >= 11 is 3.58. The van der Waals surface area contributed by atoms with Crippen LogP contribution in [0, 0.1) is 0 Å². The van der Waals surface area contributed by atoms with E-state index in [1.807, 2.05) is 7.11 Å². The molecule has 0 saturated carbocycles. The molecule has 1 aromatic rings. The molecule has 3 nitrogen and oxygen atoms in total. The maximum Gasteiger partial charge on any atom is 0.0605 e. The average Bonchev–Trinajstić information content (AvgIpc) is 2.48. The highest BCUT2D eigenvalue weighted by molar-refractivity contribution is 9.10. The molecule has 0 amide bonds. The zero-order valence-corrected chi connectivity index (χ0v) is 14.1. The molecule has 0 unspecified atom stereocenters. The minimum atomic E-state index is 0.434. The van der Waals surface area contributed by atoms with E-state index in [4.69, 9.17) is 4.74 Å². The van der Waals surface area contributed by atoms with E-state index in [0.29, 0.717) is 6.10 Å². The van der Waals surface area contributed by atoms with Gasteiger partial charge >= 0.3 is 0 Å². The number of hydrogen-bond acceptors (Lipinski definition) is 3. The van der Waals surface area contributed by atoms with E-state index in [1.165, 1.54) is 17.7 Å². The molecule has 4 heteroatoms. The van der Waals surface area contributed by atoms with Crippen LogP contribution in [0.5, 0.6) is 0 Å². The van der Waals surface area contributed by atoms with E-state index in [-0.39, 0.29) is 0 Å². The molecule has 0 bridgehead atoms. The first kappa shape index (κ1) is 15.8. The summed E-state index contributed by atoms with van der Waals surface area (Å²) in [4.78, 5) is 2.49. The number of rotatable bonds is 6. The highest BCUT2D eigenvalue weighted by Crippen LogP contribution is 2.27. The normalized spacial score (nSPS) is 16.6. The number of methoxy groups -OCH3 is 1. The second-order valence-electron chi connectivity index (χ2n) is 5.37. The summed E-state index contributed by atoms with van der Waals surface area (Å²) in [5, 5.41) is 3.51. The Morgan fingerprint density at radius 3 is 2.75 bits per heavy atom. The van der Waals surface area contributed by atoms with Gasteiger partial charge in [-0.25, -0.2) is 0 Å². The number of nitrogens with one attached hydrogen (secondary N) is 1. The van der Waals surface area contributed by atoms with Crippen molar-refractivity contribution in [2.24, 2.45) is 0 Å². The predicted octanol–water partition coefficient (Wildman–Crippen LogP) is 3.56.